The van der Waals surface area contributed by atoms with Crippen LogP contribution in [0.5, 0.6) is 0 Å². The summed E-state index contributed by atoms with van der Waals surface area (Å²) in [6, 6.07) is 3.61. The van der Waals surface area contributed by atoms with Crippen molar-refractivity contribution in [3.8, 4) is 6.07 Å². The minimum atomic E-state index is -0.219. The zero-order chi connectivity index (χ0) is 18.1. The van der Waals surface area contributed by atoms with Crippen LogP contribution < -0.4 is 15.4 Å². The lowest BCUT2D eigenvalue weighted by Gasteiger charge is -2.36. The van der Waals surface area contributed by atoms with Crippen molar-refractivity contribution in [2.75, 3.05) is 36.0 Å². The molecule has 2 aliphatic rings. The van der Waals surface area contributed by atoms with E-state index in [1.807, 2.05) is 11.0 Å². The molecule has 9 heteroatoms. The third-order valence-electron chi connectivity index (χ3n) is 4.76. The third-order valence-corrected chi connectivity index (χ3v) is 5.11. The lowest BCUT2D eigenvalue weighted by molar-refractivity contribution is 0.531. The normalized spacial score (nSPS) is 17.2. The number of aromatic nitrogens is 4. The first kappa shape index (κ1) is 16.8. The summed E-state index contributed by atoms with van der Waals surface area (Å²) in [5.74, 6) is 1.11. The Balaban J connectivity index is 1.47. The summed E-state index contributed by atoms with van der Waals surface area (Å²) in [5, 5.41) is 13.5. The van der Waals surface area contributed by atoms with Crippen molar-refractivity contribution in [1.82, 2.24) is 19.7 Å². The number of rotatable bonds is 4. The minimum Gasteiger partial charge on any atom is -0.365 e. The molecule has 0 atom stereocenters. The van der Waals surface area contributed by atoms with E-state index >= 15 is 0 Å². The fraction of sp³-hybridized carbons (Fsp3) is 0.471. The number of nitriles is 1. The van der Waals surface area contributed by atoms with Gasteiger partial charge in [-0.15, -0.1) is 0 Å². The summed E-state index contributed by atoms with van der Waals surface area (Å²) in [5.41, 5.74) is 0.808. The summed E-state index contributed by atoms with van der Waals surface area (Å²) in [6.45, 7) is 3.35. The number of hydrogen-bond acceptors (Lipinski definition) is 7. The van der Waals surface area contributed by atoms with E-state index in [1.165, 1.54) is 4.68 Å². The highest BCUT2D eigenvalue weighted by Crippen LogP contribution is 2.30. The van der Waals surface area contributed by atoms with E-state index in [4.69, 9.17) is 16.9 Å². The van der Waals surface area contributed by atoms with Gasteiger partial charge in [-0.05, 0) is 24.8 Å². The molecule has 0 unspecified atom stereocenters. The molecule has 2 aromatic heterocycles. The van der Waals surface area contributed by atoms with Gasteiger partial charge in [0.2, 0.25) is 5.95 Å². The number of halogens is 1. The van der Waals surface area contributed by atoms with E-state index in [9.17, 15) is 4.79 Å². The first-order valence-corrected chi connectivity index (χ1v) is 9.02. The Morgan fingerprint density at radius 2 is 1.96 bits per heavy atom. The molecule has 4 rings (SSSR count). The summed E-state index contributed by atoms with van der Waals surface area (Å²) in [6.07, 6.45) is 5.59. The largest absolute Gasteiger partial charge is 0.365 e. The van der Waals surface area contributed by atoms with Crippen LogP contribution in [0.1, 0.15) is 18.5 Å². The van der Waals surface area contributed by atoms with Gasteiger partial charge in [-0.2, -0.15) is 10.4 Å². The van der Waals surface area contributed by atoms with Crippen molar-refractivity contribution in [3.05, 3.63) is 39.5 Å². The van der Waals surface area contributed by atoms with Gasteiger partial charge in [-0.25, -0.2) is 14.6 Å². The van der Waals surface area contributed by atoms with E-state index in [0.717, 1.165) is 12.8 Å². The SMILES string of the molecule is N#Cc1ccnc(N2CCN(c3cnn(CC4CC4)c(=O)c3Cl)CC2)n1. The van der Waals surface area contributed by atoms with Gasteiger partial charge in [0.15, 0.2) is 0 Å². The number of piperazine rings is 1. The Hall–Kier alpha value is -2.66. The summed E-state index contributed by atoms with van der Waals surface area (Å²) in [4.78, 5) is 25.0. The van der Waals surface area contributed by atoms with Crippen LogP contribution in [0.15, 0.2) is 23.3 Å². The van der Waals surface area contributed by atoms with Crippen molar-refractivity contribution >= 4 is 23.2 Å². The molecule has 0 amide bonds. The molecule has 2 fully saturated rings. The quantitative estimate of drug-likeness (QED) is 0.799. The first-order valence-electron chi connectivity index (χ1n) is 8.64. The van der Waals surface area contributed by atoms with E-state index < -0.39 is 0 Å². The Labute approximate surface area is 155 Å². The van der Waals surface area contributed by atoms with Gasteiger partial charge in [-0.3, -0.25) is 4.79 Å². The van der Waals surface area contributed by atoms with Gasteiger partial charge in [0.1, 0.15) is 16.8 Å². The fourth-order valence-corrected chi connectivity index (χ4v) is 3.33. The molecule has 2 aromatic rings. The van der Waals surface area contributed by atoms with Crippen LogP contribution in [0.4, 0.5) is 11.6 Å². The van der Waals surface area contributed by atoms with Crippen LogP contribution >= 0.6 is 11.6 Å². The molecule has 0 N–H and O–H groups in total. The van der Waals surface area contributed by atoms with Crippen LogP contribution in [0.25, 0.3) is 0 Å². The summed E-state index contributed by atoms with van der Waals surface area (Å²) >= 11 is 6.34. The second kappa shape index (κ2) is 6.92. The molecule has 1 aliphatic heterocycles. The lowest BCUT2D eigenvalue weighted by Crippen LogP contribution is -2.47. The van der Waals surface area contributed by atoms with E-state index in [1.54, 1.807) is 18.5 Å². The molecule has 3 heterocycles. The molecule has 0 radical (unpaired) electrons. The average Bonchev–Trinajstić information content (AvgIpc) is 3.50. The molecule has 1 aliphatic carbocycles. The topological polar surface area (TPSA) is 90.9 Å². The molecule has 1 saturated carbocycles. The van der Waals surface area contributed by atoms with Crippen LogP contribution in [0.2, 0.25) is 5.02 Å². The molecule has 26 heavy (non-hydrogen) atoms. The lowest BCUT2D eigenvalue weighted by atomic mass is 10.3. The predicted octanol–water partition coefficient (Wildman–Crippen LogP) is 1.29. The van der Waals surface area contributed by atoms with Crippen LogP contribution in [0.3, 0.4) is 0 Å². The summed E-state index contributed by atoms with van der Waals surface area (Å²) in [7, 11) is 0. The Morgan fingerprint density at radius 3 is 2.65 bits per heavy atom. The highest BCUT2D eigenvalue weighted by Gasteiger charge is 2.25. The monoisotopic (exact) mass is 371 g/mol. The zero-order valence-corrected chi connectivity index (χ0v) is 14.9. The Morgan fingerprint density at radius 1 is 1.23 bits per heavy atom. The van der Waals surface area contributed by atoms with Crippen LogP contribution in [-0.4, -0.2) is 45.9 Å². The van der Waals surface area contributed by atoms with Gasteiger partial charge < -0.3 is 9.80 Å². The second-order valence-electron chi connectivity index (χ2n) is 6.60. The van der Waals surface area contributed by atoms with Gasteiger partial charge in [0.25, 0.3) is 5.56 Å². The summed E-state index contributed by atoms with van der Waals surface area (Å²) < 4.78 is 1.47. The smallest absolute Gasteiger partial charge is 0.287 e. The number of nitrogens with zero attached hydrogens (tertiary/aromatic N) is 7. The first-order chi connectivity index (χ1) is 12.7. The highest BCUT2D eigenvalue weighted by atomic mass is 35.5. The molecular formula is C17H18ClN7O. The maximum absolute atomic E-state index is 12.4. The molecule has 0 aromatic carbocycles. The predicted molar refractivity (Wildman–Crippen MR) is 97.4 cm³/mol. The van der Waals surface area contributed by atoms with Crippen molar-refractivity contribution in [2.24, 2.45) is 5.92 Å². The molecule has 1 saturated heterocycles. The van der Waals surface area contributed by atoms with E-state index in [-0.39, 0.29) is 10.6 Å². The average molecular weight is 372 g/mol. The van der Waals surface area contributed by atoms with Crippen LogP contribution in [-0.2, 0) is 6.54 Å². The highest BCUT2D eigenvalue weighted by molar-refractivity contribution is 6.33. The molecule has 8 nitrogen and oxygen atoms in total. The van der Waals surface area contributed by atoms with Crippen molar-refractivity contribution in [3.63, 3.8) is 0 Å². The maximum atomic E-state index is 12.4. The van der Waals surface area contributed by atoms with Gasteiger partial charge in [-0.1, -0.05) is 11.6 Å². The van der Waals surface area contributed by atoms with E-state index in [2.05, 4.69) is 20.0 Å². The standard InChI is InChI=1S/C17H18ClN7O/c18-15-14(10-21-25(16(15)26)11-12-1-2-12)23-5-7-24(8-6-23)17-20-4-3-13(9-19)22-17/h3-4,10,12H,1-2,5-8,11H2. The van der Waals surface area contributed by atoms with Gasteiger partial charge in [0, 0.05) is 38.9 Å². The fourth-order valence-electron chi connectivity index (χ4n) is 3.06. The van der Waals surface area contributed by atoms with Crippen LogP contribution in [0, 0.1) is 17.2 Å². The van der Waals surface area contributed by atoms with Gasteiger partial charge in [0.05, 0.1) is 11.9 Å². The molecule has 0 spiro atoms. The molecular weight excluding hydrogens is 354 g/mol. The number of anilines is 2. The molecule has 134 valence electrons. The zero-order valence-electron chi connectivity index (χ0n) is 14.2. The minimum absolute atomic E-state index is 0.219. The number of hydrogen-bond donors (Lipinski definition) is 0. The van der Waals surface area contributed by atoms with E-state index in [0.29, 0.717) is 56.0 Å². The van der Waals surface area contributed by atoms with Crippen molar-refractivity contribution < 1.29 is 0 Å². The Kier molecular flexibility index (Phi) is 4.47. The molecule has 0 bridgehead atoms. The van der Waals surface area contributed by atoms with Crippen molar-refractivity contribution in [1.29, 1.82) is 5.26 Å². The van der Waals surface area contributed by atoms with Gasteiger partial charge >= 0.3 is 0 Å². The maximum Gasteiger partial charge on any atom is 0.287 e. The van der Waals surface area contributed by atoms with Crippen molar-refractivity contribution in [2.45, 2.75) is 19.4 Å². The second-order valence-corrected chi connectivity index (χ2v) is 6.98. The Bertz CT molecular complexity index is 910. The third kappa shape index (κ3) is 3.35.